The van der Waals surface area contributed by atoms with Crippen molar-refractivity contribution in [2.75, 3.05) is 13.7 Å². The van der Waals surface area contributed by atoms with Gasteiger partial charge in [-0.1, -0.05) is 36.7 Å². The van der Waals surface area contributed by atoms with E-state index in [9.17, 15) is 24.0 Å². The Kier molecular flexibility index (Phi) is 9.57. The molecule has 0 aliphatic rings. The molecule has 0 heterocycles. The predicted octanol–water partition coefficient (Wildman–Crippen LogP) is 4.10. The maximum atomic E-state index is 13.5. The van der Waals surface area contributed by atoms with Crippen LogP contribution in [0.1, 0.15) is 54.8 Å². The molecule has 0 fully saturated rings. The minimum absolute atomic E-state index is 0.0392. The van der Waals surface area contributed by atoms with Crippen LogP contribution >= 0.6 is 11.6 Å². The van der Waals surface area contributed by atoms with Crippen molar-refractivity contribution in [1.82, 2.24) is 15.1 Å². The van der Waals surface area contributed by atoms with E-state index in [2.05, 4.69) is 0 Å². The van der Waals surface area contributed by atoms with Crippen LogP contribution in [0.2, 0.25) is 5.02 Å². The zero-order valence-corrected chi connectivity index (χ0v) is 21.4. The fourth-order valence-electron chi connectivity index (χ4n) is 2.91. The van der Waals surface area contributed by atoms with Gasteiger partial charge in [0.05, 0.1) is 5.54 Å². The number of carbonyl (C=O) groups is 5. The molecule has 2 rings (SSSR count). The zero-order valence-electron chi connectivity index (χ0n) is 20.7. The quantitative estimate of drug-likeness (QED) is 0.433. The number of likely N-dealkylation sites (N-methyl/N-ethyl adjacent to an activating group) is 1. The molecule has 0 bridgehead atoms. The number of rotatable bonds is 5. The Hall–Kier alpha value is -3.92. The first-order valence-corrected chi connectivity index (χ1v) is 11.4. The van der Waals surface area contributed by atoms with Crippen molar-refractivity contribution in [3.63, 3.8) is 0 Å². The topological polar surface area (TPSA) is 114 Å². The van der Waals surface area contributed by atoms with E-state index in [1.54, 1.807) is 45.9 Å². The van der Waals surface area contributed by atoms with Crippen LogP contribution in [0, 0.1) is 0 Å². The molecule has 0 saturated carbocycles. The monoisotopic (exact) mass is 517 g/mol. The number of carbonyl (C=O) groups excluding carboxylic acids is 5. The summed E-state index contributed by atoms with van der Waals surface area (Å²) in [5, 5.41) is 2.37. The Morgan fingerprint density at radius 1 is 0.861 bits per heavy atom. The van der Waals surface area contributed by atoms with Crippen LogP contribution < -0.4 is 0 Å². The third kappa shape index (κ3) is 7.29. The number of nitrogens with zero attached hydrogens (tertiary/aromatic N) is 3. The van der Waals surface area contributed by atoms with Crippen molar-refractivity contribution < 1.29 is 33.5 Å². The molecule has 0 atom stereocenters. The van der Waals surface area contributed by atoms with Gasteiger partial charge < -0.3 is 9.57 Å². The van der Waals surface area contributed by atoms with E-state index in [0.29, 0.717) is 15.1 Å². The summed E-state index contributed by atoms with van der Waals surface area (Å²) < 4.78 is 4.76. The van der Waals surface area contributed by atoms with Gasteiger partial charge in [0.25, 0.3) is 17.7 Å². The van der Waals surface area contributed by atoms with E-state index >= 15 is 0 Å². The van der Waals surface area contributed by atoms with Gasteiger partial charge in [0.2, 0.25) is 0 Å². The van der Waals surface area contributed by atoms with Crippen molar-refractivity contribution in [3.8, 4) is 0 Å². The minimum Gasteiger partial charge on any atom is -0.455 e. The lowest BCUT2D eigenvalue weighted by atomic mass is 10.1. The lowest BCUT2D eigenvalue weighted by Crippen LogP contribution is -2.61. The third-order valence-corrected chi connectivity index (χ3v) is 4.97. The molecule has 36 heavy (non-hydrogen) atoms. The van der Waals surface area contributed by atoms with Gasteiger partial charge in [-0.15, -0.1) is 5.01 Å². The summed E-state index contributed by atoms with van der Waals surface area (Å²) in [6.45, 7) is 5.77. The molecular weight excluding hydrogens is 490 g/mol. The van der Waals surface area contributed by atoms with Crippen LogP contribution in [0.4, 0.5) is 4.79 Å². The minimum atomic E-state index is -1.33. The summed E-state index contributed by atoms with van der Waals surface area (Å²) in [6, 6.07) is 13.8. The maximum absolute atomic E-state index is 13.5. The Labute approximate surface area is 214 Å². The largest absolute Gasteiger partial charge is 0.461 e. The Bertz CT molecular complexity index is 1110. The van der Waals surface area contributed by atoms with Gasteiger partial charge in [-0.3, -0.25) is 19.2 Å². The van der Waals surface area contributed by atoms with E-state index in [-0.39, 0.29) is 17.5 Å². The highest BCUT2D eigenvalue weighted by Gasteiger charge is 2.42. The number of amides is 4. The Balaban J connectivity index is 2.47. The van der Waals surface area contributed by atoms with E-state index in [1.807, 2.05) is 0 Å². The highest BCUT2D eigenvalue weighted by Crippen LogP contribution is 2.24. The molecule has 10 nitrogen and oxygen atoms in total. The molecular formula is C25H28ClN3O7. The van der Waals surface area contributed by atoms with Crippen molar-refractivity contribution in [3.05, 3.63) is 70.7 Å². The molecule has 2 aromatic carbocycles. The van der Waals surface area contributed by atoms with Crippen molar-refractivity contribution in [2.24, 2.45) is 0 Å². The highest BCUT2D eigenvalue weighted by atomic mass is 35.5. The van der Waals surface area contributed by atoms with Gasteiger partial charge in [-0.25, -0.2) is 9.80 Å². The Morgan fingerprint density at radius 2 is 1.42 bits per heavy atom. The number of halogens is 1. The third-order valence-electron chi connectivity index (χ3n) is 4.72. The normalized spacial score (nSPS) is 10.7. The van der Waals surface area contributed by atoms with E-state index < -0.39 is 41.9 Å². The number of hydroxylamine groups is 2. The summed E-state index contributed by atoms with van der Waals surface area (Å²) in [5.41, 5.74) is -0.838. The van der Waals surface area contributed by atoms with Gasteiger partial charge in [0, 0.05) is 29.6 Å². The molecule has 0 aliphatic carbocycles. The van der Waals surface area contributed by atoms with Gasteiger partial charge in [-0.2, -0.15) is 5.06 Å². The van der Waals surface area contributed by atoms with Crippen LogP contribution in [0.15, 0.2) is 54.6 Å². The maximum Gasteiger partial charge on any atom is 0.461 e. The van der Waals surface area contributed by atoms with Crippen LogP contribution in [0.5, 0.6) is 0 Å². The fraction of sp³-hybridized carbons (Fsp3) is 0.320. The van der Waals surface area contributed by atoms with E-state index in [1.165, 1.54) is 36.4 Å². The summed E-state index contributed by atoms with van der Waals surface area (Å²) >= 11 is 5.93. The van der Waals surface area contributed by atoms with Crippen LogP contribution in [-0.2, 0) is 19.2 Å². The van der Waals surface area contributed by atoms with Gasteiger partial charge in [0.15, 0.2) is 6.61 Å². The number of hydrogen-bond donors (Lipinski definition) is 0. The van der Waals surface area contributed by atoms with Gasteiger partial charge in [-0.05, 0) is 57.2 Å². The fourth-order valence-corrected chi connectivity index (χ4v) is 3.04. The molecule has 0 radical (unpaired) electrons. The molecule has 0 unspecified atom stereocenters. The second kappa shape index (κ2) is 12.2. The molecule has 4 amide bonds. The molecule has 0 aliphatic heterocycles. The molecule has 0 saturated heterocycles. The second-order valence-electron chi connectivity index (χ2n) is 8.54. The number of esters is 1. The van der Waals surface area contributed by atoms with Gasteiger partial charge >= 0.3 is 12.1 Å². The van der Waals surface area contributed by atoms with Crippen molar-refractivity contribution in [2.45, 2.75) is 39.7 Å². The highest BCUT2D eigenvalue weighted by molar-refractivity contribution is 6.30. The first-order chi connectivity index (χ1) is 16.9. The Morgan fingerprint density at radius 3 is 1.94 bits per heavy atom. The zero-order chi connectivity index (χ0) is 27.0. The standard InChI is InChI=1S/C25H28ClN3O7/c1-6-21(31)35-16-20(30)27(5)36-24(34)28(22(32)18-12-14-19(26)15-13-18)29(25(2,3)4)23(33)17-10-8-7-9-11-17/h7-15H,6,16H2,1-5H3. The van der Waals surface area contributed by atoms with E-state index in [0.717, 1.165) is 12.1 Å². The van der Waals surface area contributed by atoms with Crippen LogP contribution in [0.25, 0.3) is 0 Å². The number of benzene rings is 2. The first kappa shape index (κ1) is 28.3. The lowest BCUT2D eigenvalue weighted by molar-refractivity contribution is -0.173. The number of ether oxygens (including phenoxy) is 1. The molecule has 192 valence electrons. The molecule has 0 aromatic heterocycles. The number of hydrogen-bond acceptors (Lipinski definition) is 7. The first-order valence-electron chi connectivity index (χ1n) is 11.0. The lowest BCUT2D eigenvalue weighted by Gasteiger charge is -2.41. The molecule has 2 aromatic rings. The predicted molar refractivity (Wildman–Crippen MR) is 130 cm³/mol. The summed E-state index contributed by atoms with van der Waals surface area (Å²) in [7, 11) is 1.12. The molecule has 0 spiro atoms. The number of imide groups is 1. The smallest absolute Gasteiger partial charge is 0.455 e. The van der Waals surface area contributed by atoms with Crippen molar-refractivity contribution in [1.29, 1.82) is 0 Å². The summed E-state index contributed by atoms with van der Waals surface area (Å²) in [6.07, 6.45) is -1.27. The molecule has 0 N–H and O–H groups in total. The summed E-state index contributed by atoms with van der Waals surface area (Å²) in [4.78, 5) is 69.1. The number of hydrazine groups is 1. The van der Waals surface area contributed by atoms with Crippen LogP contribution in [0.3, 0.4) is 0 Å². The average molecular weight is 518 g/mol. The SMILES string of the molecule is CCC(=O)OCC(=O)N(C)OC(=O)N(C(=O)c1ccc(Cl)cc1)N(C(=O)c1ccccc1)C(C)(C)C. The molecule has 11 heteroatoms. The van der Waals surface area contributed by atoms with Crippen molar-refractivity contribution >= 4 is 41.4 Å². The van der Waals surface area contributed by atoms with Crippen LogP contribution in [-0.4, -0.2) is 64.1 Å². The van der Waals surface area contributed by atoms with Gasteiger partial charge in [0.1, 0.15) is 0 Å². The second-order valence-corrected chi connectivity index (χ2v) is 8.98. The average Bonchev–Trinajstić information content (AvgIpc) is 2.84. The summed E-state index contributed by atoms with van der Waals surface area (Å²) in [5.74, 6) is -3.03. The van der Waals surface area contributed by atoms with E-state index in [4.69, 9.17) is 21.2 Å².